The average molecular weight is 146 g/mol. The monoisotopic (exact) mass is 146 g/mol. The predicted octanol–water partition coefficient (Wildman–Crippen LogP) is 0.481. The number of carbonyl (C=O) groups excluding carboxylic acids is 1. The summed E-state index contributed by atoms with van der Waals surface area (Å²) >= 11 is 0. The first-order chi connectivity index (χ1) is 4.55. The van der Waals surface area contributed by atoms with E-state index < -0.39 is 11.9 Å². The van der Waals surface area contributed by atoms with Gasteiger partial charge in [-0.2, -0.15) is 0 Å². The van der Waals surface area contributed by atoms with E-state index >= 15 is 0 Å². The van der Waals surface area contributed by atoms with E-state index in [-0.39, 0.29) is 5.92 Å². The number of hydrogen-bond donors (Lipinski definition) is 2. The molecule has 0 saturated carbocycles. The van der Waals surface area contributed by atoms with Gasteiger partial charge >= 0.3 is 0 Å². The lowest BCUT2D eigenvalue weighted by atomic mass is 10.1. The number of nitrogens with two attached hydrogens (primary N) is 2. The largest absolute Gasteiger partial charge is 0.368 e. The van der Waals surface area contributed by atoms with Crippen molar-refractivity contribution in [1.82, 2.24) is 0 Å². The Balaban J connectivity index is 0. The lowest BCUT2D eigenvalue weighted by molar-refractivity contribution is -0.120. The zero-order valence-electron chi connectivity index (χ0n) is 7.22. The maximum Gasteiger partial charge on any atom is 0.234 e. The molecule has 0 aromatic heterocycles. The van der Waals surface area contributed by atoms with E-state index in [0.717, 1.165) is 0 Å². The SMILES string of the molecule is CC.CC(C)C(N)C(N)=O. The normalized spacial score (nSPS) is 11.8. The van der Waals surface area contributed by atoms with Crippen LogP contribution in [0.3, 0.4) is 0 Å². The van der Waals surface area contributed by atoms with Crippen LogP contribution < -0.4 is 11.5 Å². The molecule has 4 N–H and O–H groups in total. The van der Waals surface area contributed by atoms with Crippen molar-refractivity contribution in [2.24, 2.45) is 17.4 Å². The molecule has 10 heavy (non-hydrogen) atoms. The van der Waals surface area contributed by atoms with Crippen LogP contribution in [0.4, 0.5) is 0 Å². The molecule has 62 valence electrons. The van der Waals surface area contributed by atoms with Gasteiger partial charge in [0.1, 0.15) is 0 Å². The fourth-order valence-electron chi connectivity index (χ4n) is 0.329. The summed E-state index contributed by atoms with van der Waals surface area (Å²) < 4.78 is 0. The van der Waals surface area contributed by atoms with E-state index in [9.17, 15) is 4.79 Å². The Labute approximate surface area is 62.8 Å². The standard InChI is InChI=1S/C5H12N2O.C2H6/c1-3(2)4(6)5(7)8;1-2/h3-4H,6H2,1-2H3,(H2,7,8);1-2H3. The van der Waals surface area contributed by atoms with Crippen LogP contribution in [0.1, 0.15) is 27.7 Å². The summed E-state index contributed by atoms with van der Waals surface area (Å²) in [6, 6.07) is -0.491. The van der Waals surface area contributed by atoms with E-state index in [2.05, 4.69) is 0 Å². The van der Waals surface area contributed by atoms with Gasteiger partial charge in [0, 0.05) is 0 Å². The molecular formula is C7H18N2O. The summed E-state index contributed by atoms with van der Waals surface area (Å²) in [5.41, 5.74) is 10.2. The summed E-state index contributed by atoms with van der Waals surface area (Å²) in [6.45, 7) is 7.71. The van der Waals surface area contributed by atoms with Gasteiger partial charge in [-0.1, -0.05) is 27.7 Å². The van der Waals surface area contributed by atoms with Gasteiger partial charge in [0.05, 0.1) is 6.04 Å². The number of carbonyl (C=O) groups is 1. The van der Waals surface area contributed by atoms with Crippen LogP contribution in [0.5, 0.6) is 0 Å². The molecule has 0 saturated heterocycles. The highest BCUT2D eigenvalue weighted by molar-refractivity contribution is 5.79. The molecule has 0 bridgehead atoms. The van der Waals surface area contributed by atoms with Crippen LogP contribution in [0.25, 0.3) is 0 Å². The minimum atomic E-state index is -0.491. The number of amides is 1. The van der Waals surface area contributed by atoms with Crippen molar-refractivity contribution in [3.05, 3.63) is 0 Å². The minimum Gasteiger partial charge on any atom is -0.368 e. The second-order valence-corrected chi connectivity index (χ2v) is 2.17. The molecule has 0 aliphatic carbocycles. The van der Waals surface area contributed by atoms with Crippen molar-refractivity contribution < 1.29 is 4.79 Å². The Kier molecular flexibility index (Phi) is 7.95. The van der Waals surface area contributed by atoms with Crippen molar-refractivity contribution in [3.8, 4) is 0 Å². The van der Waals surface area contributed by atoms with Gasteiger partial charge in [-0.05, 0) is 5.92 Å². The highest BCUT2D eigenvalue weighted by atomic mass is 16.1. The van der Waals surface area contributed by atoms with Gasteiger partial charge in [0.15, 0.2) is 0 Å². The quantitative estimate of drug-likeness (QED) is 0.595. The second-order valence-electron chi connectivity index (χ2n) is 2.17. The number of hydrogen-bond acceptors (Lipinski definition) is 2. The van der Waals surface area contributed by atoms with Gasteiger partial charge in [-0.15, -0.1) is 0 Å². The van der Waals surface area contributed by atoms with Gasteiger partial charge in [0.25, 0.3) is 0 Å². The lowest BCUT2D eigenvalue weighted by Crippen LogP contribution is -2.40. The van der Waals surface area contributed by atoms with Crippen LogP contribution in [0.2, 0.25) is 0 Å². The highest BCUT2D eigenvalue weighted by Crippen LogP contribution is 1.95. The zero-order chi connectivity index (χ0) is 8.73. The van der Waals surface area contributed by atoms with Crippen LogP contribution in [-0.2, 0) is 4.79 Å². The molecule has 0 fully saturated rings. The topological polar surface area (TPSA) is 69.1 Å². The van der Waals surface area contributed by atoms with Crippen molar-refractivity contribution >= 4 is 5.91 Å². The molecule has 1 atom stereocenters. The van der Waals surface area contributed by atoms with E-state index in [4.69, 9.17) is 11.5 Å². The molecule has 0 aromatic carbocycles. The molecule has 3 heteroatoms. The second kappa shape index (κ2) is 6.55. The molecule has 0 rings (SSSR count). The molecule has 0 spiro atoms. The van der Waals surface area contributed by atoms with Crippen molar-refractivity contribution in [2.75, 3.05) is 0 Å². The summed E-state index contributed by atoms with van der Waals surface area (Å²) in [5.74, 6) is -0.285. The van der Waals surface area contributed by atoms with E-state index in [1.165, 1.54) is 0 Å². The summed E-state index contributed by atoms with van der Waals surface area (Å²) in [7, 11) is 0. The Hall–Kier alpha value is -0.570. The first kappa shape index (κ1) is 12.1. The van der Waals surface area contributed by atoms with Crippen LogP contribution >= 0.6 is 0 Å². The smallest absolute Gasteiger partial charge is 0.234 e. The van der Waals surface area contributed by atoms with Crippen LogP contribution in [-0.4, -0.2) is 11.9 Å². The van der Waals surface area contributed by atoms with Gasteiger partial charge in [-0.25, -0.2) is 0 Å². The van der Waals surface area contributed by atoms with Crippen LogP contribution in [0.15, 0.2) is 0 Å². The van der Waals surface area contributed by atoms with Crippen molar-refractivity contribution in [1.29, 1.82) is 0 Å². The molecule has 1 amide bonds. The Morgan fingerprint density at radius 2 is 1.60 bits per heavy atom. The van der Waals surface area contributed by atoms with Crippen LogP contribution in [0, 0.1) is 5.92 Å². The summed E-state index contributed by atoms with van der Waals surface area (Å²) in [5, 5.41) is 0. The number of primary amides is 1. The van der Waals surface area contributed by atoms with Crippen molar-refractivity contribution in [3.63, 3.8) is 0 Å². The van der Waals surface area contributed by atoms with E-state index in [0.29, 0.717) is 0 Å². The lowest BCUT2D eigenvalue weighted by Gasteiger charge is -2.09. The zero-order valence-corrected chi connectivity index (χ0v) is 7.22. The average Bonchev–Trinajstić information content (AvgIpc) is 1.90. The van der Waals surface area contributed by atoms with Crippen molar-refractivity contribution in [2.45, 2.75) is 33.7 Å². The fraction of sp³-hybridized carbons (Fsp3) is 0.857. The predicted molar refractivity (Wildman–Crippen MR) is 43.4 cm³/mol. The third-order valence-corrected chi connectivity index (χ3v) is 1.05. The Morgan fingerprint density at radius 1 is 1.30 bits per heavy atom. The minimum absolute atomic E-state index is 0.146. The first-order valence-electron chi connectivity index (χ1n) is 3.60. The Morgan fingerprint density at radius 3 is 1.60 bits per heavy atom. The molecule has 3 nitrogen and oxygen atoms in total. The highest BCUT2D eigenvalue weighted by Gasteiger charge is 2.12. The van der Waals surface area contributed by atoms with Gasteiger partial charge < -0.3 is 11.5 Å². The fourth-order valence-corrected chi connectivity index (χ4v) is 0.329. The van der Waals surface area contributed by atoms with E-state index in [1.807, 2.05) is 27.7 Å². The summed E-state index contributed by atoms with van der Waals surface area (Å²) in [4.78, 5) is 10.2. The first-order valence-corrected chi connectivity index (χ1v) is 3.60. The molecule has 0 aliphatic heterocycles. The maximum atomic E-state index is 10.2. The van der Waals surface area contributed by atoms with E-state index in [1.54, 1.807) is 0 Å². The number of rotatable bonds is 2. The molecule has 0 aliphatic rings. The molecule has 0 aromatic rings. The molecule has 0 heterocycles. The molecule has 0 radical (unpaired) electrons. The summed E-state index contributed by atoms with van der Waals surface area (Å²) in [6.07, 6.45) is 0. The van der Waals surface area contributed by atoms with Gasteiger partial charge in [0.2, 0.25) is 5.91 Å². The third-order valence-electron chi connectivity index (χ3n) is 1.05. The molecular weight excluding hydrogens is 128 g/mol. The van der Waals surface area contributed by atoms with Gasteiger partial charge in [-0.3, -0.25) is 4.79 Å². The third kappa shape index (κ3) is 5.56. The molecule has 1 unspecified atom stereocenters. The Bertz CT molecular complexity index is 91.6. The maximum absolute atomic E-state index is 10.2.